The van der Waals surface area contributed by atoms with Crippen LogP contribution in [0.3, 0.4) is 0 Å². The number of ether oxygens (including phenoxy) is 3. The Balaban J connectivity index is 1.28. The molecule has 34 heavy (non-hydrogen) atoms. The van der Waals surface area contributed by atoms with E-state index in [1.165, 1.54) is 7.11 Å². The number of nitrogens with zero attached hydrogens (tertiary/aromatic N) is 1. The molecule has 0 heterocycles. The number of carboxylic acid groups (broad SMARTS) is 1. The maximum absolute atomic E-state index is 11.0. The molecule has 2 unspecified atom stereocenters. The van der Waals surface area contributed by atoms with Gasteiger partial charge in [-0.05, 0) is 72.0 Å². The highest BCUT2D eigenvalue weighted by atomic mass is 16.6. The zero-order chi connectivity index (χ0) is 23.9. The van der Waals surface area contributed by atoms with E-state index in [-0.39, 0.29) is 18.4 Å². The van der Waals surface area contributed by atoms with Crippen LogP contribution in [0.25, 0.3) is 0 Å². The van der Waals surface area contributed by atoms with Crippen LogP contribution < -0.4 is 14.2 Å². The molecule has 0 bridgehead atoms. The van der Waals surface area contributed by atoms with Gasteiger partial charge < -0.3 is 24.2 Å². The number of oxime groups is 1. The molecule has 1 saturated carbocycles. The predicted molar refractivity (Wildman–Crippen MR) is 128 cm³/mol. The smallest absolute Gasteiger partial charge is 0.307 e. The van der Waals surface area contributed by atoms with Crippen LogP contribution in [0.1, 0.15) is 29.0 Å². The Labute approximate surface area is 198 Å². The topological polar surface area (TPSA) is 86.6 Å². The number of aliphatic carboxylic acids is 1. The van der Waals surface area contributed by atoms with E-state index in [4.69, 9.17) is 24.2 Å². The van der Waals surface area contributed by atoms with Crippen molar-refractivity contribution in [3.8, 4) is 17.2 Å². The van der Waals surface area contributed by atoms with E-state index in [1.807, 2.05) is 72.8 Å². The van der Waals surface area contributed by atoms with Crippen molar-refractivity contribution in [3.63, 3.8) is 0 Å². The zero-order valence-corrected chi connectivity index (χ0v) is 19.1. The first-order valence-electron chi connectivity index (χ1n) is 11.0. The monoisotopic (exact) mass is 461 g/mol. The maximum Gasteiger partial charge on any atom is 0.307 e. The molecule has 0 saturated heterocycles. The van der Waals surface area contributed by atoms with E-state index in [9.17, 15) is 4.79 Å². The normalized spacial score (nSPS) is 17.1. The Kier molecular flexibility index (Phi) is 7.32. The summed E-state index contributed by atoms with van der Waals surface area (Å²) in [5.41, 5.74) is 3.61. The number of hydrogen-bond acceptors (Lipinski definition) is 6. The van der Waals surface area contributed by atoms with Crippen molar-refractivity contribution in [3.05, 3.63) is 89.5 Å². The van der Waals surface area contributed by atoms with Crippen molar-refractivity contribution in [2.24, 2.45) is 11.1 Å². The van der Waals surface area contributed by atoms with E-state index in [1.54, 1.807) is 7.11 Å². The molecule has 0 aliphatic heterocycles. The summed E-state index contributed by atoms with van der Waals surface area (Å²) in [7, 11) is 3.13. The van der Waals surface area contributed by atoms with Crippen molar-refractivity contribution < 1.29 is 28.9 Å². The van der Waals surface area contributed by atoms with E-state index in [2.05, 4.69) is 5.16 Å². The van der Waals surface area contributed by atoms with E-state index >= 15 is 0 Å². The molecule has 4 rings (SSSR count). The minimum absolute atomic E-state index is 0.123. The molecule has 0 amide bonds. The Morgan fingerprint density at radius 3 is 2.09 bits per heavy atom. The summed E-state index contributed by atoms with van der Waals surface area (Å²) in [6, 6.07) is 22.9. The lowest BCUT2D eigenvalue weighted by Gasteiger charge is -2.11. The maximum atomic E-state index is 11.0. The molecule has 3 aromatic rings. The minimum Gasteiger partial charge on any atom is -0.497 e. The molecule has 0 radical (unpaired) electrons. The van der Waals surface area contributed by atoms with Gasteiger partial charge in [-0.15, -0.1) is 0 Å². The number of carboxylic acids is 1. The van der Waals surface area contributed by atoms with Gasteiger partial charge in [0.05, 0.1) is 13.0 Å². The fourth-order valence-electron chi connectivity index (χ4n) is 3.70. The third kappa shape index (κ3) is 5.86. The average Bonchev–Trinajstić information content (AvgIpc) is 3.68. The molecule has 7 heteroatoms. The average molecular weight is 462 g/mol. The summed E-state index contributed by atoms with van der Waals surface area (Å²) in [6.07, 6.45) is 0.711. The molecule has 0 spiro atoms. The standard InChI is InChI=1S/C27H27NO6/c1-31-21-11-7-20(8-12-21)26(28-32-2)17-34-22-9-3-18(4-10-22)16-33-23-13-5-19(6-14-23)24-15-25(24)27(29)30/h3-14,24-25H,15-17H2,1-2H3,(H,29,30)/b28-26+. The van der Waals surface area contributed by atoms with Crippen LogP contribution in [-0.2, 0) is 16.2 Å². The number of methoxy groups -OCH3 is 1. The van der Waals surface area contributed by atoms with Crippen LogP contribution in [0.2, 0.25) is 0 Å². The zero-order valence-electron chi connectivity index (χ0n) is 19.1. The highest BCUT2D eigenvalue weighted by molar-refractivity contribution is 6.01. The van der Waals surface area contributed by atoms with Crippen molar-refractivity contribution >= 4 is 11.7 Å². The van der Waals surface area contributed by atoms with Crippen LogP contribution in [-0.4, -0.2) is 37.6 Å². The molecule has 1 fully saturated rings. The van der Waals surface area contributed by atoms with E-state index in [0.29, 0.717) is 24.5 Å². The lowest BCUT2D eigenvalue weighted by molar-refractivity contribution is -0.138. The van der Waals surface area contributed by atoms with Gasteiger partial charge in [0.1, 0.15) is 43.3 Å². The van der Waals surface area contributed by atoms with Gasteiger partial charge in [-0.2, -0.15) is 0 Å². The van der Waals surface area contributed by atoms with Gasteiger partial charge in [0.2, 0.25) is 0 Å². The van der Waals surface area contributed by atoms with Crippen molar-refractivity contribution in [2.45, 2.75) is 18.9 Å². The molecule has 1 aliphatic rings. The van der Waals surface area contributed by atoms with Gasteiger partial charge in [-0.1, -0.05) is 29.4 Å². The molecule has 176 valence electrons. The molecular formula is C27H27NO6. The van der Waals surface area contributed by atoms with Crippen LogP contribution in [0.5, 0.6) is 17.2 Å². The Bertz CT molecular complexity index is 1120. The summed E-state index contributed by atoms with van der Waals surface area (Å²) < 4.78 is 17.0. The molecule has 2 atom stereocenters. The molecule has 7 nitrogen and oxygen atoms in total. The van der Waals surface area contributed by atoms with Gasteiger partial charge >= 0.3 is 5.97 Å². The molecular weight excluding hydrogens is 434 g/mol. The second kappa shape index (κ2) is 10.7. The van der Waals surface area contributed by atoms with Crippen LogP contribution in [0.4, 0.5) is 0 Å². The van der Waals surface area contributed by atoms with Gasteiger partial charge in [0.15, 0.2) is 0 Å². The second-order valence-electron chi connectivity index (χ2n) is 8.03. The van der Waals surface area contributed by atoms with Crippen LogP contribution >= 0.6 is 0 Å². The summed E-state index contributed by atoms with van der Waals surface area (Å²) in [4.78, 5) is 16.0. The summed E-state index contributed by atoms with van der Waals surface area (Å²) in [5.74, 6) is 1.38. The van der Waals surface area contributed by atoms with Crippen molar-refractivity contribution in [1.29, 1.82) is 0 Å². The molecule has 0 aromatic heterocycles. The SMILES string of the molecule is CO/N=C(\COc1ccc(COc2ccc(C3CC3C(=O)O)cc2)cc1)c1ccc(OC)cc1. The molecule has 1 aliphatic carbocycles. The van der Waals surface area contributed by atoms with E-state index < -0.39 is 5.97 Å². The first-order valence-corrected chi connectivity index (χ1v) is 11.0. The summed E-state index contributed by atoms with van der Waals surface area (Å²) in [6.45, 7) is 0.676. The van der Waals surface area contributed by atoms with Gasteiger partial charge in [-0.25, -0.2) is 0 Å². The number of rotatable bonds is 11. The fourth-order valence-corrected chi connectivity index (χ4v) is 3.70. The van der Waals surface area contributed by atoms with Crippen LogP contribution in [0, 0.1) is 5.92 Å². The molecule has 1 N–H and O–H groups in total. The number of carbonyl (C=O) groups is 1. The first kappa shape index (κ1) is 23.2. The lowest BCUT2D eigenvalue weighted by Crippen LogP contribution is -2.13. The first-order chi connectivity index (χ1) is 16.6. The quantitative estimate of drug-likeness (QED) is 0.323. The third-order valence-electron chi connectivity index (χ3n) is 5.75. The molecule has 3 aromatic carbocycles. The predicted octanol–water partition coefficient (Wildman–Crippen LogP) is 4.89. The van der Waals surface area contributed by atoms with Crippen LogP contribution in [0.15, 0.2) is 78.0 Å². The lowest BCUT2D eigenvalue weighted by atomic mass is 10.1. The summed E-state index contributed by atoms with van der Waals surface area (Å²) >= 11 is 0. The van der Waals surface area contributed by atoms with Gasteiger partial charge in [0.25, 0.3) is 0 Å². The Morgan fingerprint density at radius 1 is 0.882 bits per heavy atom. The Morgan fingerprint density at radius 2 is 1.50 bits per heavy atom. The largest absolute Gasteiger partial charge is 0.497 e. The fraction of sp³-hybridized carbons (Fsp3) is 0.259. The van der Waals surface area contributed by atoms with Crippen molar-refractivity contribution in [1.82, 2.24) is 0 Å². The highest BCUT2D eigenvalue weighted by Crippen LogP contribution is 2.47. The number of benzene rings is 3. The van der Waals surface area contributed by atoms with Gasteiger partial charge in [-0.3, -0.25) is 4.79 Å². The number of hydrogen-bond donors (Lipinski definition) is 1. The Hall–Kier alpha value is -4.00. The summed E-state index contributed by atoms with van der Waals surface area (Å²) in [5, 5.41) is 13.2. The highest BCUT2D eigenvalue weighted by Gasteiger charge is 2.44. The minimum atomic E-state index is -0.722. The van der Waals surface area contributed by atoms with Crippen molar-refractivity contribution in [2.75, 3.05) is 20.8 Å². The van der Waals surface area contributed by atoms with Gasteiger partial charge in [0, 0.05) is 5.56 Å². The third-order valence-corrected chi connectivity index (χ3v) is 5.75. The van der Waals surface area contributed by atoms with E-state index in [0.717, 1.165) is 28.2 Å². The second-order valence-corrected chi connectivity index (χ2v) is 8.03.